The average Bonchev–Trinajstić information content (AvgIpc) is 4.00. The number of benzene rings is 1. The normalized spacial score (nSPS) is 29.2. The Morgan fingerprint density at radius 2 is 1.86 bits per heavy atom. The Labute approximate surface area is 342 Å². The molecule has 2 aromatic rings. The second-order valence-electron chi connectivity index (χ2n) is 17.4. The van der Waals surface area contributed by atoms with Crippen LogP contribution in [0.15, 0.2) is 36.4 Å². The van der Waals surface area contributed by atoms with Gasteiger partial charge >= 0.3 is 6.09 Å². The van der Waals surface area contributed by atoms with Gasteiger partial charge < -0.3 is 29.7 Å². The van der Waals surface area contributed by atoms with E-state index in [9.17, 15) is 36.4 Å². The van der Waals surface area contributed by atoms with E-state index in [-0.39, 0.29) is 42.1 Å². The first-order chi connectivity index (χ1) is 27.1. The number of fused-ring (bicyclic) bond motifs is 3. The number of aromatic nitrogens is 1. The molecule has 2 aliphatic carbocycles. The van der Waals surface area contributed by atoms with Gasteiger partial charge in [0, 0.05) is 34.2 Å². The maximum Gasteiger partial charge on any atom is 0.408 e. The van der Waals surface area contributed by atoms with Gasteiger partial charge in [-0.05, 0) is 90.2 Å². The lowest BCUT2D eigenvalue weighted by molar-refractivity contribution is -0.142. The lowest BCUT2D eigenvalue weighted by Crippen LogP contribution is -2.59. The molecule has 2 saturated carbocycles. The number of carbonyl (C=O) groups is 4. The Bertz CT molecular complexity index is 2080. The first kappa shape index (κ1) is 43.3. The number of halogens is 3. The molecule has 4 aliphatic rings. The largest absolute Gasteiger partial charge is 0.472 e. The third-order valence-electron chi connectivity index (χ3n) is 11.3. The molecule has 18 heteroatoms. The number of sulfonamides is 1. The van der Waals surface area contributed by atoms with Crippen LogP contribution in [0.1, 0.15) is 86.5 Å². The first-order valence-electron chi connectivity index (χ1n) is 19.6. The number of carbonyl (C=O) groups excluding carboxylic acids is 4. The first-order valence-corrected chi connectivity index (χ1v) is 21.5. The van der Waals surface area contributed by atoms with Gasteiger partial charge in [-0.25, -0.2) is 22.0 Å². The number of alkyl carbamates (subject to hydrolysis) is 1. The molecule has 2 aliphatic heterocycles. The number of hydrogen-bond acceptors (Lipinski definition) is 10. The maximum absolute atomic E-state index is 14.8. The van der Waals surface area contributed by atoms with Gasteiger partial charge in [0.05, 0.1) is 11.3 Å². The number of rotatable bonds is 9. The monoisotopic (exact) mass is 851 g/mol. The summed E-state index contributed by atoms with van der Waals surface area (Å²) in [4.78, 5) is 62.2. The van der Waals surface area contributed by atoms with Gasteiger partial charge in [-0.3, -0.25) is 19.1 Å². The van der Waals surface area contributed by atoms with Crippen LogP contribution < -0.4 is 24.8 Å². The molecule has 6 rings (SSSR count). The Morgan fingerprint density at radius 1 is 1.14 bits per heavy atom. The molecule has 3 fully saturated rings. The molecule has 14 nitrogen and oxygen atoms in total. The van der Waals surface area contributed by atoms with Crippen molar-refractivity contribution in [2.24, 2.45) is 17.8 Å². The summed E-state index contributed by atoms with van der Waals surface area (Å²) in [5.41, 5.74) is -2.49. The van der Waals surface area contributed by atoms with E-state index in [1.807, 2.05) is 26.0 Å². The summed E-state index contributed by atoms with van der Waals surface area (Å²) < 4.78 is 71.0. The topological polar surface area (TPSA) is 182 Å². The number of nitrogens with one attached hydrogen (secondary N) is 3. The number of pyridine rings is 1. The predicted molar refractivity (Wildman–Crippen MR) is 211 cm³/mol. The number of allylic oxidation sites excluding steroid dienone is 1. The van der Waals surface area contributed by atoms with Crippen molar-refractivity contribution >= 4 is 56.2 Å². The van der Waals surface area contributed by atoms with E-state index >= 15 is 0 Å². The lowest BCUT2D eigenvalue weighted by atomic mass is 9.88. The van der Waals surface area contributed by atoms with Gasteiger partial charge in [-0.1, -0.05) is 43.7 Å². The fourth-order valence-electron chi connectivity index (χ4n) is 7.69. The van der Waals surface area contributed by atoms with Crippen molar-refractivity contribution in [2.75, 3.05) is 13.2 Å². The molecule has 318 valence electrons. The minimum atomic E-state index is -4.06. The maximum atomic E-state index is 14.8. The zero-order chi connectivity index (χ0) is 42.4. The molecule has 4 amide bonds. The van der Waals surface area contributed by atoms with E-state index in [4.69, 9.17) is 25.8 Å². The highest BCUT2D eigenvalue weighted by Gasteiger charge is 2.63. The lowest BCUT2D eigenvalue weighted by Gasteiger charge is -2.33. The van der Waals surface area contributed by atoms with Gasteiger partial charge in [0.2, 0.25) is 33.6 Å². The fourth-order valence-corrected chi connectivity index (χ4v) is 9.23. The minimum Gasteiger partial charge on any atom is -0.472 e. The minimum absolute atomic E-state index is 0.0440. The van der Waals surface area contributed by atoms with Gasteiger partial charge in [-0.2, -0.15) is 4.98 Å². The zero-order valence-electron chi connectivity index (χ0n) is 33.5. The average molecular weight is 852 g/mol. The van der Waals surface area contributed by atoms with Crippen molar-refractivity contribution in [3.63, 3.8) is 0 Å². The van der Waals surface area contributed by atoms with Crippen molar-refractivity contribution in [3.05, 3.63) is 41.4 Å². The molecule has 3 heterocycles. The summed E-state index contributed by atoms with van der Waals surface area (Å²) in [6, 6.07) is 3.91. The van der Waals surface area contributed by atoms with Crippen LogP contribution in [-0.4, -0.2) is 95.8 Å². The molecule has 58 heavy (non-hydrogen) atoms. The van der Waals surface area contributed by atoms with E-state index < -0.39 is 92.8 Å². The third kappa shape index (κ3) is 9.61. The highest BCUT2D eigenvalue weighted by molar-refractivity contribution is 7.91. The molecular formula is C40H52ClF2N5O9S. The zero-order valence-corrected chi connectivity index (χ0v) is 35.1. The van der Waals surface area contributed by atoms with Crippen LogP contribution in [0, 0.1) is 17.8 Å². The van der Waals surface area contributed by atoms with Crippen molar-refractivity contribution in [1.29, 1.82) is 0 Å². The Hall–Kier alpha value is -4.25. The molecular weight excluding hydrogens is 800 g/mol. The summed E-state index contributed by atoms with van der Waals surface area (Å²) in [5.74, 6) is -3.28. The summed E-state index contributed by atoms with van der Waals surface area (Å²) in [5, 5.41) is 6.68. The van der Waals surface area contributed by atoms with Crippen molar-refractivity contribution < 1.29 is 50.6 Å². The predicted octanol–water partition coefficient (Wildman–Crippen LogP) is 5.66. The molecule has 0 bridgehead atoms. The van der Waals surface area contributed by atoms with Gasteiger partial charge in [-0.15, -0.1) is 0 Å². The van der Waals surface area contributed by atoms with Crippen LogP contribution in [0.4, 0.5) is 13.6 Å². The third-order valence-corrected chi connectivity index (χ3v) is 13.8. The number of nitrogens with zero attached hydrogens (tertiary/aromatic N) is 2. The van der Waals surface area contributed by atoms with Crippen LogP contribution >= 0.6 is 11.6 Å². The van der Waals surface area contributed by atoms with E-state index in [1.54, 1.807) is 45.9 Å². The second-order valence-corrected chi connectivity index (χ2v) is 20.0. The number of alkyl halides is 2. The van der Waals surface area contributed by atoms with Crippen LogP contribution in [0.5, 0.6) is 11.8 Å². The molecule has 3 N–H and O–H groups in total. The number of hydrogen-bond donors (Lipinski definition) is 3. The van der Waals surface area contributed by atoms with Gasteiger partial charge in [0.15, 0.2) is 6.61 Å². The van der Waals surface area contributed by atoms with E-state index in [0.717, 1.165) is 0 Å². The van der Waals surface area contributed by atoms with Crippen LogP contribution in [-0.2, 0) is 29.1 Å². The standard InChI is InChI=1S/C40H52ClF2N5O9S/c1-22-10-7-8-11-24-19-40(24,36(51)47-58(53,54)39(6)14-15-39)46-33(49)29-17-25(20-48(29)35(50)32(23(2)16-22)45-37(52)57-38(3,4)5)56-34-26-12-9-13-28(41)27(26)18-31(44-34)55-21-30(42)43/h8-9,11-13,18,22-25,29-30,32H,7,10,14-17,19-21H2,1-6H3,(H,45,52)(H,46,49)(H,47,51)/b11-8-/t22-,23+,24+,25+,29-,32-,40+/m0/s1. The van der Waals surface area contributed by atoms with Crippen molar-refractivity contribution in [2.45, 2.75) is 127 Å². The van der Waals surface area contributed by atoms with E-state index in [1.165, 1.54) is 11.0 Å². The smallest absolute Gasteiger partial charge is 0.408 e. The highest BCUT2D eigenvalue weighted by atomic mass is 35.5. The fraction of sp³-hybridized carbons (Fsp3) is 0.625. The summed E-state index contributed by atoms with van der Waals surface area (Å²) >= 11 is 6.48. The Morgan fingerprint density at radius 3 is 2.53 bits per heavy atom. The molecule has 1 saturated heterocycles. The molecule has 0 spiro atoms. The van der Waals surface area contributed by atoms with Crippen molar-refractivity contribution in [3.8, 4) is 11.8 Å². The van der Waals surface area contributed by atoms with Gasteiger partial charge in [0.1, 0.15) is 29.3 Å². The molecule has 1 aromatic carbocycles. The summed E-state index contributed by atoms with van der Waals surface area (Å²) in [7, 11) is -4.06. The Balaban J connectivity index is 1.37. The summed E-state index contributed by atoms with van der Waals surface area (Å²) in [6.45, 7) is 9.38. The highest BCUT2D eigenvalue weighted by Crippen LogP contribution is 2.48. The summed E-state index contributed by atoms with van der Waals surface area (Å²) in [6.07, 6.45) is 1.87. The number of ether oxygens (including phenoxy) is 3. The quantitative estimate of drug-likeness (QED) is 0.267. The molecule has 0 unspecified atom stereocenters. The number of amides is 4. The SMILES string of the molecule is C[C@H]1CC/C=C\[C@@H]2C[C@@]2(C(=O)NS(=O)(=O)C2(C)CC2)NC(=O)[C@@H]2C[C@@H](Oc3nc(OCC(F)F)cc4c(Cl)cccc34)CN2C(=O)[C@@H](NC(=O)OC(C)(C)C)[C@H](C)C1. The van der Waals surface area contributed by atoms with Crippen molar-refractivity contribution in [1.82, 2.24) is 25.2 Å². The molecule has 0 radical (unpaired) electrons. The Kier molecular flexibility index (Phi) is 12.3. The second kappa shape index (κ2) is 16.4. The van der Waals surface area contributed by atoms with Crippen LogP contribution in [0.25, 0.3) is 10.8 Å². The van der Waals surface area contributed by atoms with E-state index in [0.29, 0.717) is 42.9 Å². The van der Waals surface area contributed by atoms with Gasteiger partial charge in [0.25, 0.3) is 12.3 Å². The molecule has 1 aromatic heterocycles. The van der Waals surface area contributed by atoms with E-state index in [2.05, 4.69) is 20.3 Å². The molecule has 7 atom stereocenters. The van der Waals surface area contributed by atoms with Crippen LogP contribution in [0.3, 0.4) is 0 Å². The van der Waals surface area contributed by atoms with Crippen LogP contribution in [0.2, 0.25) is 5.02 Å².